The molecule has 0 amide bonds. The maximum atomic E-state index is 6.11. The summed E-state index contributed by atoms with van der Waals surface area (Å²) in [6, 6.07) is 5.62. The van der Waals surface area contributed by atoms with Crippen LogP contribution < -0.4 is 0 Å². The van der Waals surface area contributed by atoms with Gasteiger partial charge in [-0.2, -0.15) is 0 Å². The van der Waals surface area contributed by atoms with Crippen molar-refractivity contribution in [2.45, 2.75) is 25.7 Å². The van der Waals surface area contributed by atoms with Crippen LogP contribution in [0, 0.1) is 0 Å². The van der Waals surface area contributed by atoms with Gasteiger partial charge in [0.1, 0.15) is 0 Å². The lowest BCUT2D eigenvalue weighted by Crippen LogP contribution is -2.00. The van der Waals surface area contributed by atoms with Crippen LogP contribution in [0.5, 0.6) is 0 Å². The third-order valence-electron chi connectivity index (χ3n) is 3.03. The number of hydrogen-bond acceptors (Lipinski definition) is 2. The predicted molar refractivity (Wildman–Crippen MR) is 82.5 cm³/mol. The first-order valence-electron chi connectivity index (χ1n) is 6.75. The van der Waals surface area contributed by atoms with Gasteiger partial charge in [-0.05, 0) is 43.4 Å². The number of nitrogens with one attached hydrogen (secondary N) is 1. The fraction of sp³-hybridized carbons (Fsp3) is 0.400. The first-order valence-corrected chi connectivity index (χ1v) is 7.50. The number of aryl methyl sites for hydroxylation is 2. The van der Waals surface area contributed by atoms with Gasteiger partial charge < -0.3 is 9.72 Å². The molecule has 5 heteroatoms. The first kappa shape index (κ1) is 15.4. The number of nitrogens with zero attached hydrogens (tertiary/aromatic N) is 1. The van der Waals surface area contributed by atoms with E-state index in [1.165, 1.54) is 0 Å². The van der Waals surface area contributed by atoms with Gasteiger partial charge in [-0.15, -0.1) is 0 Å². The fourth-order valence-corrected chi connectivity index (χ4v) is 2.48. The van der Waals surface area contributed by atoms with Crippen LogP contribution in [0.15, 0.2) is 30.7 Å². The van der Waals surface area contributed by atoms with Gasteiger partial charge in [0.25, 0.3) is 0 Å². The topological polar surface area (TPSA) is 37.9 Å². The van der Waals surface area contributed by atoms with E-state index in [1.54, 1.807) is 12.4 Å². The van der Waals surface area contributed by atoms with E-state index in [0.29, 0.717) is 5.02 Å². The molecule has 20 heavy (non-hydrogen) atoms. The summed E-state index contributed by atoms with van der Waals surface area (Å²) in [7, 11) is 0. The monoisotopic (exact) mass is 312 g/mol. The van der Waals surface area contributed by atoms with Crippen molar-refractivity contribution in [3.8, 4) is 0 Å². The number of aromatic amines is 1. The minimum atomic E-state index is 0.674. The van der Waals surface area contributed by atoms with Crippen LogP contribution in [0.4, 0.5) is 0 Å². The minimum Gasteiger partial charge on any atom is -0.381 e. The number of benzene rings is 1. The highest BCUT2D eigenvalue weighted by atomic mass is 35.5. The largest absolute Gasteiger partial charge is 0.381 e. The number of imidazole rings is 1. The quantitative estimate of drug-likeness (QED) is 0.738. The minimum absolute atomic E-state index is 0.674. The van der Waals surface area contributed by atoms with E-state index >= 15 is 0 Å². The summed E-state index contributed by atoms with van der Waals surface area (Å²) in [5, 5.41) is 1.41. The van der Waals surface area contributed by atoms with Gasteiger partial charge in [-0.1, -0.05) is 29.3 Å². The molecule has 1 heterocycles. The molecule has 0 bridgehead atoms. The lowest BCUT2D eigenvalue weighted by Gasteiger charge is -2.06. The van der Waals surface area contributed by atoms with Crippen LogP contribution in [-0.4, -0.2) is 23.2 Å². The Kier molecular flexibility index (Phi) is 6.37. The summed E-state index contributed by atoms with van der Waals surface area (Å²) < 4.78 is 5.61. The molecule has 0 radical (unpaired) electrons. The van der Waals surface area contributed by atoms with E-state index in [0.717, 1.165) is 55.2 Å². The second kappa shape index (κ2) is 8.30. The molecule has 3 nitrogen and oxygen atoms in total. The zero-order valence-corrected chi connectivity index (χ0v) is 12.8. The van der Waals surface area contributed by atoms with Crippen LogP contribution in [0.3, 0.4) is 0 Å². The Morgan fingerprint density at radius 2 is 1.90 bits per heavy atom. The molecular formula is C15H18Cl2N2O. The first-order chi connectivity index (χ1) is 9.75. The summed E-state index contributed by atoms with van der Waals surface area (Å²) in [5.41, 5.74) is 2.21. The molecule has 0 fully saturated rings. The third kappa shape index (κ3) is 5.16. The summed E-state index contributed by atoms with van der Waals surface area (Å²) in [4.78, 5) is 7.11. The van der Waals surface area contributed by atoms with Crippen LogP contribution in [0.25, 0.3) is 0 Å². The standard InChI is InChI=1S/C15H18Cl2N2O/c16-13-6-5-12(15(17)9-13)3-1-7-20-8-2-4-14-10-18-11-19-14/h5-6,9-11H,1-4,7-8H2,(H,18,19). The SMILES string of the molecule is Clc1ccc(CCCOCCCc2c[nH]cn2)c(Cl)c1. The maximum Gasteiger partial charge on any atom is 0.0923 e. The molecule has 1 N–H and O–H groups in total. The summed E-state index contributed by atoms with van der Waals surface area (Å²) in [6.45, 7) is 1.51. The van der Waals surface area contributed by atoms with Crippen molar-refractivity contribution in [3.05, 3.63) is 52.0 Å². The highest BCUT2D eigenvalue weighted by Crippen LogP contribution is 2.21. The molecule has 0 atom stereocenters. The molecule has 2 aromatic rings. The molecule has 0 saturated heterocycles. The average molecular weight is 313 g/mol. The van der Waals surface area contributed by atoms with Crippen molar-refractivity contribution >= 4 is 23.2 Å². The van der Waals surface area contributed by atoms with Gasteiger partial charge in [0, 0.05) is 29.5 Å². The Bertz CT molecular complexity index is 515. The number of ether oxygens (including phenoxy) is 1. The molecule has 1 aromatic carbocycles. The number of hydrogen-bond donors (Lipinski definition) is 1. The smallest absolute Gasteiger partial charge is 0.0923 e. The zero-order valence-electron chi connectivity index (χ0n) is 11.2. The summed E-state index contributed by atoms with van der Waals surface area (Å²) in [5.74, 6) is 0. The molecular weight excluding hydrogens is 295 g/mol. The van der Waals surface area contributed by atoms with Crippen LogP contribution in [0.1, 0.15) is 24.1 Å². The van der Waals surface area contributed by atoms with E-state index in [-0.39, 0.29) is 0 Å². The molecule has 0 saturated carbocycles. The maximum absolute atomic E-state index is 6.11. The van der Waals surface area contributed by atoms with E-state index in [2.05, 4.69) is 9.97 Å². The Morgan fingerprint density at radius 3 is 2.60 bits per heavy atom. The van der Waals surface area contributed by atoms with Crippen LogP contribution >= 0.6 is 23.2 Å². The van der Waals surface area contributed by atoms with Crippen molar-refractivity contribution in [3.63, 3.8) is 0 Å². The highest BCUT2D eigenvalue weighted by molar-refractivity contribution is 6.35. The Balaban J connectivity index is 1.55. The second-order valence-electron chi connectivity index (χ2n) is 4.62. The average Bonchev–Trinajstić information content (AvgIpc) is 2.93. The second-order valence-corrected chi connectivity index (χ2v) is 5.46. The number of halogens is 2. The Morgan fingerprint density at radius 1 is 1.10 bits per heavy atom. The van der Waals surface area contributed by atoms with Gasteiger partial charge in [0.05, 0.1) is 12.0 Å². The van der Waals surface area contributed by atoms with E-state index in [4.69, 9.17) is 27.9 Å². The van der Waals surface area contributed by atoms with Gasteiger partial charge in [0.2, 0.25) is 0 Å². The van der Waals surface area contributed by atoms with Crippen molar-refractivity contribution in [1.29, 1.82) is 0 Å². The van der Waals surface area contributed by atoms with Crippen molar-refractivity contribution in [2.24, 2.45) is 0 Å². The normalized spacial score (nSPS) is 10.9. The summed E-state index contributed by atoms with van der Waals surface area (Å²) in [6.07, 6.45) is 7.44. The lowest BCUT2D eigenvalue weighted by atomic mass is 10.1. The van der Waals surface area contributed by atoms with Crippen LogP contribution in [-0.2, 0) is 17.6 Å². The highest BCUT2D eigenvalue weighted by Gasteiger charge is 2.01. The molecule has 0 aliphatic rings. The molecule has 0 spiro atoms. The number of H-pyrrole nitrogens is 1. The Labute approximate surface area is 129 Å². The van der Waals surface area contributed by atoms with Crippen LogP contribution in [0.2, 0.25) is 10.0 Å². The van der Waals surface area contributed by atoms with Gasteiger partial charge >= 0.3 is 0 Å². The van der Waals surface area contributed by atoms with E-state index in [1.807, 2.05) is 18.3 Å². The van der Waals surface area contributed by atoms with Gasteiger partial charge in [0.15, 0.2) is 0 Å². The lowest BCUT2D eigenvalue weighted by molar-refractivity contribution is 0.129. The van der Waals surface area contributed by atoms with Crippen molar-refractivity contribution < 1.29 is 4.74 Å². The molecule has 1 aromatic heterocycles. The number of rotatable bonds is 8. The zero-order chi connectivity index (χ0) is 14.2. The predicted octanol–water partition coefficient (Wildman–Crippen LogP) is 4.30. The summed E-state index contributed by atoms with van der Waals surface area (Å²) >= 11 is 12.0. The van der Waals surface area contributed by atoms with E-state index < -0.39 is 0 Å². The molecule has 0 aliphatic heterocycles. The molecule has 0 unspecified atom stereocenters. The third-order valence-corrected chi connectivity index (χ3v) is 3.61. The van der Waals surface area contributed by atoms with Crippen molar-refractivity contribution in [1.82, 2.24) is 9.97 Å². The molecule has 108 valence electrons. The van der Waals surface area contributed by atoms with Crippen molar-refractivity contribution in [2.75, 3.05) is 13.2 Å². The number of aromatic nitrogens is 2. The molecule has 2 rings (SSSR count). The van der Waals surface area contributed by atoms with Gasteiger partial charge in [-0.3, -0.25) is 0 Å². The van der Waals surface area contributed by atoms with Gasteiger partial charge in [-0.25, -0.2) is 4.98 Å². The molecule has 0 aliphatic carbocycles. The Hall–Kier alpha value is -1.03. The fourth-order valence-electron chi connectivity index (χ4n) is 1.97. The van der Waals surface area contributed by atoms with E-state index in [9.17, 15) is 0 Å².